The molecule has 0 saturated carbocycles. The first kappa shape index (κ1) is 10.9. The maximum absolute atomic E-state index is 9.45. The molecule has 0 bridgehead atoms. The highest BCUT2D eigenvalue weighted by Gasteiger charge is 1.99. The predicted octanol–water partition coefficient (Wildman–Crippen LogP) is 0.431. The minimum Gasteiger partial charge on any atom is -0.507 e. The van der Waals surface area contributed by atoms with Gasteiger partial charge in [-0.15, -0.1) is 0 Å². The molecule has 0 saturated heterocycles. The number of phenols is 1. The van der Waals surface area contributed by atoms with E-state index in [9.17, 15) is 5.11 Å². The third kappa shape index (κ3) is 3.25. The van der Waals surface area contributed by atoms with Crippen molar-refractivity contribution < 1.29 is 5.11 Å². The first-order valence-electron chi connectivity index (χ1n) is 3.95. The normalized spacial score (nSPS) is 9.80. The minimum absolute atomic E-state index is 0.0254. The fourth-order valence-corrected chi connectivity index (χ4v) is 0.941. The summed E-state index contributed by atoms with van der Waals surface area (Å²) in [6.45, 7) is 0. The van der Waals surface area contributed by atoms with E-state index in [1.165, 1.54) is 12.3 Å². The second-order valence-electron chi connectivity index (χ2n) is 2.62. The van der Waals surface area contributed by atoms with E-state index in [4.69, 9.17) is 11.0 Å². The number of hydrogen-bond donors (Lipinski definition) is 3. The van der Waals surface area contributed by atoms with Gasteiger partial charge in [-0.05, 0) is 30.4 Å². The van der Waals surface area contributed by atoms with Crippen LogP contribution < -0.4 is 11.2 Å². The number of benzene rings is 1. The van der Waals surface area contributed by atoms with E-state index in [-0.39, 0.29) is 10.9 Å². The molecule has 0 radical (unpaired) electrons. The van der Waals surface area contributed by atoms with Gasteiger partial charge < -0.3 is 10.8 Å². The first-order valence-corrected chi connectivity index (χ1v) is 4.36. The summed E-state index contributed by atoms with van der Waals surface area (Å²) in [5.41, 5.74) is 8.35. The smallest absolute Gasteiger partial charge is 0.184 e. The maximum Gasteiger partial charge on any atom is 0.184 e. The Labute approximate surface area is 91.8 Å². The van der Waals surface area contributed by atoms with Crippen LogP contribution in [0.2, 0.25) is 0 Å². The lowest BCUT2D eigenvalue weighted by molar-refractivity contribution is 0.474. The highest BCUT2D eigenvalue weighted by molar-refractivity contribution is 7.80. The monoisotopic (exact) mass is 220 g/mol. The van der Waals surface area contributed by atoms with E-state index >= 15 is 0 Å². The molecule has 5 nitrogen and oxygen atoms in total. The van der Waals surface area contributed by atoms with E-state index < -0.39 is 0 Å². The fourth-order valence-electron chi connectivity index (χ4n) is 0.888. The average Bonchev–Trinajstić information content (AvgIpc) is 2.20. The molecule has 15 heavy (non-hydrogen) atoms. The zero-order chi connectivity index (χ0) is 11.3. The minimum atomic E-state index is -0.0254. The number of aromatic hydroxyl groups is 1. The summed E-state index contributed by atoms with van der Waals surface area (Å²) in [7, 11) is 0. The fraction of sp³-hybridized carbons (Fsp3) is 0. The van der Waals surface area contributed by atoms with Gasteiger partial charge in [0.1, 0.15) is 5.75 Å². The van der Waals surface area contributed by atoms with Gasteiger partial charge in [0.25, 0.3) is 0 Å². The number of rotatable bonds is 2. The molecular formula is C9H8N4OS. The molecule has 0 spiro atoms. The Kier molecular flexibility index (Phi) is 3.60. The van der Waals surface area contributed by atoms with Crippen LogP contribution in [-0.2, 0) is 0 Å². The molecule has 0 heterocycles. The first-order chi connectivity index (χ1) is 7.13. The van der Waals surface area contributed by atoms with Crippen molar-refractivity contribution in [2.24, 2.45) is 10.8 Å². The van der Waals surface area contributed by atoms with Crippen LogP contribution in [0.3, 0.4) is 0 Å². The summed E-state index contributed by atoms with van der Waals surface area (Å²) < 4.78 is 0. The summed E-state index contributed by atoms with van der Waals surface area (Å²) in [6.07, 6.45) is 1.36. The Morgan fingerprint density at radius 2 is 2.40 bits per heavy atom. The highest BCUT2D eigenvalue weighted by atomic mass is 32.1. The second-order valence-corrected chi connectivity index (χ2v) is 3.06. The molecule has 1 aromatic carbocycles. The van der Waals surface area contributed by atoms with Crippen molar-refractivity contribution in [1.29, 1.82) is 5.26 Å². The molecule has 4 N–H and O–H groups in total. The molecular weight excluding hydrogens is 212 g/mol. The quantitative estimate of drug-likeness (QED) is 0.382. The van der Waals surface area contributed by atoms with Gasteiger partial charge in [0, 0.05) is 5.56 Å². The zero-order valence-corrected chi connectivity index (χ0v) is 8.45. The molecule has 0 fully saturated rings. The molecule has 0 aliphatic carbocycles. The summed E-state index contributed by atoms with van der Waals surface area (Å²) in [4.78, 5) is 0. The third-order valence-corrected chi connectivity index (χ3v) is 1.63. The lowest BCUT2D eigenvalue weighted by Gasteiger charge is -1.98. The van der Waals surface area contributed by atoms with E-state index in [0.29, 0.717) is 11.1 Å². The number of hydrazone groups is 1. The van der Waals surface area contributed by atoms with Crippen molar-refractivity contribution in [3.05, 3.63) is 29.3 Å². The lowest BCUT2D eigenvalue weighted by Crippen LogP contribution is -2.23. The number of nitrogens with one attached hydrogen (secondary N) is 1. The molecule has 0 aliphatic rings. The number of nitrogens with two attached hydrogens (primary N) is 1. The van der Waals surface area contributed by atoms with E-state index in [1.807, 2.05) is 6.07 Å². The van der Waals surface area contributed by atoms with Crippen LogP contribution in [0.5, 0.6) is 5.75 Å². The molecule has 1 rings (SSSR count). The number of phenolic OH excluding ortho intramolecular Hbond substituents is 1. The average molecular weight is 220 g/mol. The third-order valence-electron chi connectivity index (χ3n) is 1.54. The van der Waals surface area contributed by atoms with Gasteiger partial charge in [-0.25, -0.2) is 0 Å². The molecule has 0 aromatic heterocycles. The van der Waals surface area contributed by atoms with Gasteiger partial charge in [-0.3, -0.25) is 5.43 Å². The number of thiocarbonyl (C=S) groups is 1. The predicted molar refractivity (Wildman–Crippen MR) is 60.3 cm³/mol. The van der Waals surface area contributed by atoms with Gasteiger partial charge >= 0.3 is 0 Å². The second kappa shape index (κ2) is 4.93. The van der Waals surface area contributed by atoms with E-state index in [1.54, 1.807) is 12.1 Å². The van der Waals surface area contributed by atoms with Crippen molar-refractivity contribution in [3.8, 4) is 11.8 Å². The summed E-state index contributed by atoms with van der Waals surface area (Å²) in [6, 6.07) is 6.40. The molecule has 1 aromatic rings. The molecule has 0 unspecified atom stereocenters. The van der Waals surface area contributed by atoms with Crippen LogP contribution in [0.4, 0.5) is 0 Å². The van der Waals surface area contributed by atoms with Gasteiger partial charge in [-0.2, -0.15) is 10.4 Å². The Bertz CT molecular complexity index is 450. The van der Waals surface area contributed by atoms with Crippen LogP contribution in [0.25, 0.3) is 0 Å². The van der Waals surface area contributed by atoms with Crippen molar-refractivity contribution in [3.63, 3.8) is 0 Å². The topological polar surface area (TPSA) is 94.4 Å². The Morgan fingerprint density at radius 1 is 1.67 bits per heavy atom. The van der Waals surface area contributed by atoms with Crippen LogP contribution >= 0.6 is 12.2 Å². The Hall–Kier alpha value is -2.13. The van der Waals surface area contributed by atoms with E-state index in [0.717, 1.165) is 0 Å². The Balaban J connectivity index is 2.83. The lowest BCUT2D eigenvalue weighted by atomic mass is 10.1. The van der Waals surface area contributed by atoms with Gasteiger partial charge in [0.05, 0.1) is 17.8 Å². The zero-order valence-electron chi connectivity index (χ0n) is 7.64. The molecule has 0 amide bonds. The van der Waals surface area contributed by atoms with Crippen LogP contribution in [0.1, 0.15) is 11.1 Å². The van der Waals surface area contributed by atoms with Crippen LogP contribution in [0.15, 0.2) is 23.3 Å². The van der Waals surface area contributed by atoms with E-state index in [2.05, 4.69) is 22.7 Å². The number of hydrogen-bond acceptors (Lipinski definition) is 4. The van der Waals surface area contributed by atoms with Crippen molar-refractivity contribution >= 4 is 23.5 Å². The SMILES string of the molecule is N#Cc1ccc(C=NNC(N)=S)c(O)c1. The van der Waals surface area contributed by atoms with Crippen molar-refractivity contribution in [2.45, 2.75) is 0 Å². The van der Waals surface area contributed by atoms with Gasteiger partial charge in [0.15, 0.2) is 5.11 Å². The largest absolute Gasteiger partial charge is 0.507 e. The molecule has 76 valence electrons. The highest BCUT2D eigenvalue weighted by Crippen LogP contribution is 2.16. The van der Waals surface area contributed by atoms with Gasteiger partial charge in [0.2, 0.25) is 0 Å². The molecule has 0 aliphatic heterocycles. The maximum atomic E-state index is 9.45. The number of nitriles is 1. The molecule has 6 heteroatoms. The standard InChI is InChI=1S/C9H8N4OS/c10-4-6-1-2-7(8(14)3-6)5-12-13-9(11)15/h1-3,5,14H,(H3,11,13,15). The Morgan fingerprint density at radius 3 is 2.93 bits per heavy atom. The summed E-state index contributed by atoms with van der Waals surface area (Å²) in [5, 5.41) is 21.7. The van der Waals surface area contributed by atoms with Crippen LogP contribution in [-0.4, -0.2) is 16.4 Å². The van der Waals surface area contributed by atoms with Crippen molar-refractivity contribution in [2.75, 3.05) is 0 Å². The summed E-state index contributed by atoms with van der Waals surface area (Å²) in [5.74, 6) is -0.0254. The van der Waals surface area contributed by atoms with Gasteiger partial charge in [-0.1, -0.05) is 0 Å². The molecule has 0 atom stereocenters. The van der Waals surface area contributed by atoms with Crippen molar-refractivity contribution in [1.82, 2.24) is 5.43 Å². The van der Waals surface area contributed by atoms with Crippen LogP contribution in [0, 0.1) is 11.3 Å². The number of nitrogens with zero attached hydrogens (tertiary/aromatic N) is 2. The summed E-state index contributed by atoms with van der Waals surface area (Å²) >= 11 is 4.53.